The Morgan fingerprint density at radius 2 is 1.73 bits per heavy atom. The maximum Gasteiger partial charge on any atom is 0.204 e. The molecule has 3 heterocycles. The van der Waals surface area contributed by atoms with Crippen LogP contribution >= 0.6 is 0 Å². The summed E-state index contributed by atoms with van der Waals surface area (Å²) in [4.78, 5) is 7.53. The van der Waals surface area contributed by atoms with Gasteiger partial charge in [0, 0.05) is 61.6 Å². The smallest absolute Gasteiger partial charge is 0.204 e. The summed E-state index contributed by atoms with van der Waals surface area (Å²) in [6.07, 6.45) is 8.88. The summed E-state index contributed by atoms with van der Waals surface area (Å²) in [6.45, 7) is 22.1. The molecule has 2 aromatic carbocycles. The van der Waals surface area contributed by atoms with Crippen LogP contribution in [-0.4, -0.2) is 57.0 Å². The van der Waals surface area contributed by atoms with E-state index in [1.165, 1.54) is 11.3 Å². The molecule has 52 heavy (non-hydrogen) atoms. The molecule has 1 fully saturated rings. The summed E-state index contributed by atoms with van der Waals surface area (Å²) in [6, 6.07) is 12.8. The highest BCUT2D eigenvalue weighted by Crippen LogP contribution is 2.30. The van der Waals surface area contributed by atoms with Crippen molar-refractivity contribution in [3.8, 4) is 6.07 Å². The molecule has 0 spiro atoms. The fourth-order valence-electron chi connectivity index (χ4n) is 7.19. The van der Waals surface area contributed by atoms with E-state index in [9.17, 15) is 5.26 Å². The molecule has 1 aliphatic rings. The molecule has 4 aromatic rings. The Morgan fingerprint density at radius 1 is 1.02 bits per heavy atom. The van der Waals surface area contributed by atoms with Crippen LogP contribution in [0.15, 0.2) is 55.6 Å². The van der Waals surface area contributed by atoms with Gasteiger partial charge in [-0.3, -0.25) is 4.68 Å². The van der Waals surface area contributed by atoms with Gasteiger partial charge in [0.1, 0.15) is 0 Å². The Morgan fingerprint density at radius 3 is 2.40 bits per heavy atom. The van der Waals surface area contributed by atoms with Crippen molar-refractivity contribution < 1.29 is 0 Å². The third-order valence-electron chi connectivity index (χ3n) is 10.1. The van der Waals surface area contributed by atoms with E-state index in [2.05, 4.69) is 100 Å². The van der Waals surface area contributed by atoms with E-state index in [1.54, 1.807) is 0 Å². The maximum atomic E-state index is 9.30. The molecular weight excluding hydrogens is 647 g/mol. The summed E-state index contributed by atoms with van der Waals surface area (Å²) in [5.41, 5.74) is 29.8. The lowest BCUT2D eigenvalue weighted by Gasteiger charge is -2.29. The molecule has 276 valence electrons. The Bertz CT molecular complexity index is 1950. The number of anilines is 3. The molecule has 0 saturated carbocycles. The van der Waals surface area contributed by atoms with Crippen molar-refractivity contribution in [2.45, 2.75) is 78.8 Å². The van der Waals surface area contributed by atoms with Gasteiger partial charge in [-0.15, -0.1) is 0 Å². The van der Waals surface area contributed by atoms with Crippen molar-refractivity contribution >= 4 is 39.8 Å². The Hall–Kier alpha value is -5.21. The molecule has 0 radical (unpaired) electrons. The summed E-state index contributed by atoms with van der Waals surface area (Å²) < 4.78 is 4.35. The van der Waals surface area contributed by atoms with Gasteiger partial charge in [-0.1, -0.05) is 45.6 Å². The first-order chi connectivity index (χ1) is 25.0. The van der Waals surface area contributed by atoms with Crippen molar-refractivity contribution in [1.82, 2.24) is 24.2 Å². The largest absolute Gasteiger partial charge is 0.399 e. The van der Waals surface area contributed by atoms with Crippen LogP contribution in [0.25, 0.3) is 22.4 Å². The van der Waals surface area contributed by atoms with Crippen molar-refractivity contribution in [2.24, 2.45) is 17.4 Å². The zero-order valence-electron chi connectivity index (χ0n) is 31.5. The molecule has 1 atom stereocenters. The van der Waals surface area contributed by atoms with Crippen LogP contribution in [0.3, 0.4) is 0 Å². The number of benzene rings is 2. The topological polar surface area (TPSA) is 165 Å². The first-order valence-corrected chi connectivity index (χ1v) is 18.7. The van der Waals surface area contributed by atoms with Crippen molar-refractivity contribution in [3.05, 3.63) is 89.3 Å². The van der Waals surface area contributed by atoms with Crippen LogP contribution in [-0.2, 0) is 25.9 Å². The first kappa shape index (κ1) is 38.0. The summed E-state index contributed by atoms with van der Waals surface area (Å²) in [7, 11) is 0. The van der Waals surface area contributed by atoms with Crippen LogP contribution in [0.1, 0.15) is 79.6 Å². The minimum atomic E-state index is 0.165. The quantitative estimate of drug-likeness (QED) is 0.0601. The zero-order valence-corrected chi connectivity index (χ0v) is 31.5. The monoisotopic (exact) mass is 703 g/mol. The van der Waals surface area contributed by atoms with Gasteiger partial charge in [0.05, 0.1) is 34.2 Å². The van der Waals surface area contributed by atoms with Gasteiger partial charge in [-0.25, -0.2) is 4.98 Å². The third-order valence-corrected chi connectivity index (χ3v) is 10.1. The van der Waals surface area contributed by atoms with Gasteiger partial charge in [0.2, 0.25) is 5.95 Å². The van der Waals surface area contributed by atoms with Gasteiger partial charge in [-0.2, -0.15) is 10.4 Å². The van der Waals surface area contributed by atoms with E-state index in [0.29, 0.717) is 36.7 Å². The minimum absolute atomic E-state index is 0.165. The lowest BCUT2D eigenvalue weighted by molar-refractivity contribution is 0.208. The summed E-state index contributed by atoms with van der Waals surface area (Å²) in [5, 5.41) is 21.2. The van der Waals surface area contributed by atoms with E-state index < -0.39 is 0 Å². The number of allylic oxidation sites excluding steroid dienone is 1. The highest BCUT2D eigenvalue weighted by atomic mass is 15.3. The highest BCUT2D eigenvalue weighted by molar-refractivity contribution is 5.86. The average molecular weight is 704 g/mol. The van der Waals surface area contributed by atoms with Crippen molar-refractivity contribution in [3.63, 3.8) is 0 Å². The molecule has 0 aliphatic carbocycles. The maximum absolute atomic E-state index is 9.30. The second-order valence-electron chi connectivity index (χ2n) is 14.1. The van der Waals surface area contributed by atoms with Gasteiger partial charge < -0.3 is 37.3 Å². The van der Waals surface area contributed by atoms with Crippen LogP contribution in [0.2, 0.25) is 0 Å². The molecule has 11 heteroatoms. The number of aryl methyl sites for hydroxylation is 3. The molecule has 11 nitrogen and oxygen atoms in total. The standard InChI is InChI=1S/C41H57N11/c1-7-11-33-22-35(30(6)44)24-37-40(33)51(41(48-37)47-26-27(3)38-20-28(4)49-52(38)8-2)16-10-9-15-46-39-32(21-34(29(5)43)23-36(39)45)14-19-50-17-12-31(25-42)13-18-50/h9-10,20-24,27,31,46H,5-8,11-19,26,43-45H2,1-4H3,(H,47,48)/b10-9+. The van der Waals surface area contributed by atoms with Gasteiger partial charge in [0.25, 0.3) is 0 Å². The number of imidazole rings is 1. The lowest BCUT2D eigenvalue weighted by atomic mass is 9.97. The molecule has 0 bridgehead atoms. The number of hydrogen-bond acceptors (Lipinski definition) is 9. The van der Waals surface area contributed by atoms with Crippen LogP contribution < -0.4 is 27.8 Å². The predicted molar refractivity (Wildman–Crippen MR) is 217 cm³/mol. The Labute approximate surface area is 309 Å². The zero-order chi connectivity index (χ0) is 37.4. The van der Waals surface area contributed by atoms with Crippen LogP contribution in [0.4, 0.5) is 17.3 Å². The number of likely N-dealkylation sites (tertiary alicyclic amines) is 1. The first-order valence-electron chi connectivity index (χ1n) is 18.7. The van der Waals surface area contributed by atoms with E-state index in [4.69, 9.17) is 22.2 Å². The van der Waals surface area contributed by atoms with Crippen molar-refractivity contribution in [1.29, 1.82) is 5.26 Å². The third kappa shape index (κ3) is 8.98. The van der Waals surface area contributed by atoms with Gasteiger partial charge >= 0.3 is 0 Å². The molecule has 5 rings (SSSR count). The normalized spacial score (nSPS) is 14.5. The number of fused-ring (bicyclic) bond motifs is 1. The Kier molecular flexibility index (Phi) is 12.7. The number of nitriles is 1. The fraction of sp³-hybridized carbons (Fsp3) is 0.439. The van der Waals surface area contributed by atoms with Crippen molar-refractivity contribution in [2.75, 3.05) is 49.1 Å². The predicted octanol–water partition coefficient (Wildman–Crippen LogP) is 6.62. The van der Waals surface area contributed by atoms with Gasteiger partial charge in [0.15, 0.2) is 0 Å². The average Bonchev–Trinajstić information content (AvgIpc) is 3.69. The number of rotatable bonds is 17. The Balaban J connectivity index is 1.36. The number of nitrogen functional groups attached to an aromatic ring is 1. The summed E-state index contributed by atoms with van der Waals surface area (Å²) >= 11 is 0. The summed E-state index contributed by atoms with van der Waals surface area (Å²) in [5.74, 6) is 1.22. The second kappa shape index (κ2) is 17.3. The molecule has 1 aliphatic heterocycles. The van der Waals surface area contributed by atoms with Crippen LogP contribution in [0.5, 0.6) is 0 Å². The number of nitrogens with zero attached hydrogens (tertiary/aromatic N) is 6. The van der Waals surface area contributed by atoms with E-state index in [1.807, 2.05) is 19.1 Å². The van der Waals surface area contributed by atoms with E-state index in [-0.39, 0.29) is 11.8 Å². The molecule has 2 aromatic heterocycles. The molecule has 0 amide bonds. The van der Waals surface area contributed by atoms with Crippen LogP contribution in [0, 0.1) is 24.2 Å². The molecule has 1 unspecified atom stereocenters. The number of nitrogens with one attached hydrogen (secondary N) is 2. The van der Waals surface area contributed by atoms with E-state index >= 15 is 0 Å². The minimum Gasteiger partial charge on any atom is -0.399 e. The SMILES string of the molecule is C=C(N)c1cc(N)c(NC/C=C/Cn2c(NCC(C)c3cc(C)nn3CC)nc3cc(C(=C)N)cc(CCC)c32)c(CCN2CCC(C#N)CC2)c1. The lowest BCUT2D eigenvalue weighted by Crippen LogP contribution is -2.34. The molecule has 8 N–H and O–H groups in total. The molecule has 1 saturated heterocycles. The number of hydrogen-bond donors (Lipinski definition) is 5. The van der Waals surface area contributed by atoms with Gasteiger partial charge in [-0.05, 0) is 105 Å². The fourth-order valence-corrected chi connectivity index (χ4v) is 7.19. The van der Waals surface area contributed by atoms with E-state index in [0.717, 1.165) is 103 Å². The number of aromatic nitrogens is 4. The number of piperidine rings is 1. The highest BCUT2D eigenvalue weighted by Gasteiger charge is 2.20. The molecular formula is C41H57N11. The number of nitrogens with two attached hydrogens (primary N) is 3. The second-order valence-corrected chi connectivity index (χ2v) is 14.1.